The second-order valence-electron chi connectivity index (χ2n) is 4.36. The maximum Gasteiger partial charge on any atom is 0.0738 e. The molecule has 0 aromatic carbocycles. The van der Waals surface area contributed by atoms with Gasteiger partial charge in [-0.1, -0.05) is 13.8 Å². The van der Waals surface area contributed by atoms with Crippen molar-refractivity contribution in [3.05, 3.63) is 15.9 Å². The van der Waals surface area contributed by atoms with E-state index < -0.39 is 0 Å². The summed E-state index contributed by atoms with van der Waals surface area (Å²) < 4.78 is 3.30. The Bertz CT molecular complexity index is 347. The smallest absolute Gasteiger partial charge is 0.0738 e. The summed E-state index contributed by atoms with van der Waals surface area (Å²) in [6.45, 7) is 10.6. The molecule has 0 aliphatic carbocycles. The molecule has 1 N–H and O–H groups in total. The van der Waals surface area contributed by atoms with Crippen LogP contribution in [0.15, 0.2) is 4.47 Å². The van der Waals surface area contributed by atoms with E-state index in [0.717, 1.165) is 25.2 Å². The average molecular weight is 302 g/mol. The van der Waals surface area contributed by atoms with Crippen molar-refractivity contribution < 1.29 is 0 Å². The van der Waals surface area contributed by atoms with Crippen molar-refractivity contribution >= 4 is 15.9 Å². The highest BCUT2D eigenvalue weighted by Gasteiger charge is 2.13. The molecule has 98 valence electrons. The fourth-order valence-corrected chi connectivity index (χ4v) is 2.64. The summed E-state index contributed by atoms with van der Waals surface area (Å²) in [5.41, 5.74) is 2.43. The standard InChI is InChI=1S/C13H24BrN3/c1-5-11(15-6-2)8-9-12-13(14)10(4)16-17(12)7-3/h11,15H,5-9H2,1-4H3. The van der Waals surface area contributed by atoms with Crippen LogP contribution in [0.3, 0.4) is 0 Å². The minimum absolute atomic E-state index is 0.618. The number of nitrogens with one attached hydrogen (secondary N) is 1. The Balaban J connectivity index is 2.67. The topological polar surface area (TPSA) is 29.9 Å². The highest BCUT2D eigenvalue weighted by molar-refractivity contribution is 9.10. The molecule has 0 spiro atoms. The monoisotopic (exact) mass is 301 g/mol. The number of aromatic nitrogens is 2. The van der Waals surface area contributed by atoms with Gasteiger partial charge in [0.05, 0.1) is 15.9 Å². The van der Waals surface area contributed by atoms with Gasteiger partial charge >= 0.3 is 0 Å². The second-order valence-corrected chi connectivity index (χ2v) is 5.16. The molecule has 1 atom stereocenters. The lowest BCUT2D eigenvalue weighted by atomic mass is 10.1. The first-order valence-corrected chi connectivity index (χ1v) is 7.38. The Morgan fingerprint density at radius 3 is 2.59 bits per heavy atom. The lowest BCUT2D eigenvalue weighted by Crippen LogP contribution is -2.28. The summed E-state index contributed by atoms with van der Waals surface area (Å²) in [5, 5.41) is 8.05. The van der Waals surface area contributed by atoms with Gasteiger partial charge in [0.2, 0.25) is 0 Å². The molecular formula is C13H24BrN3. The van der Waals surface area contributed by atoms with E-state index in [2.05, 4.69) is 58.7 Å². The molecule has 1 rings (SSSR count). The molecule has 4 heteroatoms. The molecule has 0 aliphatic heterocycles. The minimum atomic E-state index is 0.618. The molecule has 0 bridgehead atoms. The van der Waals surface area contributed by atoms with E-state index in [9.17, 15) is 0 Å². The molecule has 0 aliphatic rings. The molecule has 1 aromatic heterocycles. The Hall–Kier alpha value is -0.350. The third kappa shape index (κ3) is 3.81. The Morgan fingerprint density at radius 2 is 2.06 bits per heavy atom. The molecule has 17 heavy (non-hydrogen) atoms. The number of rotatable bonds is 7. The lowest BCUT2D eigenvalue weighted by molar-refractivity contribution is 0.470. The summed E-state index contributed by atoms with van der Waals surface area (Å²) >= 11 is 3.65. The van der Waals surface area contributed by atoms with Crippen LogP contribution < -0.4 is 5.32 Å². The Morgan fingerprint density at radius 1 is 1.35 bits per heavy atom. The zero-order valence-electron chi connectivity index (χ0n) is 11.4. The summed E-state index contributed by atoms with van der Waals surface area (Å²) in [6, 6.07) is 0.618. The average Bonchev–Trinajstić information content (AvgIpc) is 2.61. The highest BCUT2D eigenvalue weighted by atomic mass is 79.9. The lowest BCUT2D eigenvalue weighted by Gasteiger charge is -2.16. The maximum atomic E-state index is 4.53. The van der Waals surface area contributed by atoms with E-state index in [-0.39, 0.29) is 0 Å². The van der Waals surface area contributed by atoms with Gasteiger partial charge in [0.1, 0.15) is 0 Å². The van der Waals surface area contributed by atoms with Gasteiger partial charge < -0.3 is 5.32 Å². The van der Waals surface area contributed by atoms with E-state index in [1.54, 1.807) is 0 Å². The third-order valence-corrected chi connectivity index (χ3v) is 4.20. The fourth-order valence-electron chi connectivity index (χ4n) is 2.16. The van der Waals surface area contributed by atoms with Crippen molar-refractivity contribution in [2.24, 2.45) is 0 Å². The van der Waals surface area contributed by atoms with Crippen molar-refractivity contribution in [1.82, 2.24) is 15.1 Å². The van der Waals surface area contributed by atoms with Crippen LogP contribution >= 0.6 is 15.9 Å². The summed E-state index contributed by atoms with van der Waals surface area (Å²) in [6.07, 6.45) is 3.44. The van der Waals surface area contributed by atoms with Crippen molar-refractivity contribution in [2.45, 2.75) is 59.5 Å². The van der Waals surface area contributed by atoms with Crippen molar-refractivity contribution in [1.29, 1.82) is 0 Å². The number of halogens is 1. The summed E-state index contributed by atoms with van der Waals surface area (Å²) in [4.78, 5) is 0. The third-order valence-electron chi connectivity index (χ3n) is 3.17. The van der Waals surface area contributed by atoms with Crippen LogP contribution in [-0.2, 0) is 13.0 Å². The van der Waals surface area contributed by atoms with Gasteiger partial charge in [0.25, 0.3) is 0 Å². The van der Waals surface area contributed by atoms with Crippen molar-refractivity contribution in [3.8, 4) is 0 Å². The molecule has 0 fully saturated rings. The first-order valence-electron chi connectivity index (χ1n) is 6.59. The molecule has 0 radical (unpaired) electrons. The molecule has 0 saturated carbocycles. The Labute approximate surface area is 113 Å². The SMILES string of the molecule is CCNC(CC)CCc1c(Br)c(C)nn1CC. The van der Waals surface area contributed by atoms with Gasteiger partial charge in [-0.3, -0.25) is 4.68 Å². The summed E-state index contributed by atoms with van der Waals surface area (Å²) in [5.74, 6) is 0. The van der Waals surface area contributed by atoms with Crippen LogP contribution in [0.1, 0.15) is 45.0 Å². The van der Waals surface area contributed by atoms with Gasteiger partial charge in [-0.2, -0.15) is 5.10 Å². The predicted octanol–water partition coefficient (Wildman–Crippen LogP) is 3.29. The van der Waals surface area contributed by atoms with E-state index >= 15 is 0 Å². The van der Waals surface area contributed by atoms with Gasteiger partial charge in [-0.25, -0.2) is 0 Å². The van der Waals surface area contributed by atoms with E-state index in [1.807, 2.05) is 0 Å². The van der Waals surface area contributed by atoms with E-state index in [4.69, 9.17) is 0 Å². The van der Waals surface area contributed by atoms with Crippen LogP contribution in [0.2, 0.25) is 0 Å². The van der Waals surface area contributed by atoms with Crippen LogP contribution in [0, 0.1) is 6.92 Å². The van der Waals surface area contributed by atoms with Gasteiger partial charge in [0, 0.05) is 12.6 Å². The van der Waals surface area contributed by atoms with Crippen LogP contribution in [0.5, 0.6) is 0 Å². The zero-order valence-corrected chi connectivity index (χ0v) is 13.0. The molecular weight excluding hydrogens is 278 g/mol. The first kappa shape index (κ1) is 14.7. The first-order chi connectivity index (χ1) is 8.13. The largest absolute Gasteiger partial charge is 0.314 e. The predicted molar refractivity (Wildman–Crippen MR) is 76.4 cm³/mol. The van der Waals surface area contributed by atoms with Crippen molar-refractivity contribution in [3.63, 3.8) is 0 Å². The molecule has 3 nitrogen and oxygen atoms in total. The van der Waals surface area contributed by atoms with Crippen LogP contribution in [-0.4, -0.2) is 22.4 Å². The van der Waals surface area contributed by atoms with Gasteiger partial charge in [-0.05, 0) is 55.6 Å². The number of aryl methyl sites for hydroxylation is 2. The maximum absolute atomic E-state index is 4.53. The van der Waals surface area contributed by atoms with E-state index in [0.29, 0.717) is 6.04 Å². The fraction of sp³-hybridized carbons (Fsp3) is 0.769. The Kier molecular flexibility index (Phi) is 6.20. The molecule has 0 saturated heterocycles. The van der Waals surface area contributed by atoms with E-state index in [1.165, 1.54) is 23.0 Å². The molecule has 1 heterocycles. The second kappa shape index (κ2) is 7.17. The number of hydrogen-bond acceptors (Lipinski definition) is 2. The molecule has 1 aromatic rings. The number of hydrogen-bond donors (Lipinski definition) is 1. The van der Waals surface area contributed by atoms with Crippen molar-refractivity contribution in [2.75, 3.05) is 6.54 Å². The highest BCUT2D eigenvalue weighted by Crippen LogP contribution is 2.22. The van der Waals surface area contributed by atoms with Crippen LogP contribution in [0.25, 0.3) is 0 Å². The van der Waals surface area contributed by atoms with Crippen LogP contribution in [0.4, 0.5) is 0 Å². The summed E-state index contributed by atoms with van der Waals surface area (Å²) in [7, 11) is 0. The molecule has 0 amide bonds. The van der Waals surface area contributed by atoms with Gasteiger partial charge in [-0.15, -0.1) is 0 Å². The number of nitrogens with zero attached hydrogens (tertiary/aromatic N) is 2. The quantitative estimate of drug-likeness (QED) is 0.837. The molecule has 1 unspecified atom stereocenters. The normalized spacial score (nSPS) is 13.0. The minimum Gasteiger partial charge on any atom is -0.314 e. The van der Waals surface area contributed by atoms with Gasteiger partial charge in [0.15, 0.2) is 0 Å². The zero-order chi connectivity index (χ0) is 12.8.